The van der Waals surface area contributed by atoms with Crippen LogP contribution in [0.25, 0.3) is 0 Å². The molecule has 3 aliphatic rings. The number of Topliss-reactive ketones (excluding diaryl/α,β-unsaturated/α-hetero) is 1. The topological polar surface area (TPSA) is 66.5 Å². The van der Waals surface area contributed by atoms with E-state index < -0.39 is 5.54 Å². The van der Waals surface area contributed by atoms with Gasteiger partial charge >= 0.3 is 6.03 Å². The maximum absolute atomic E-state index is 12.4. The fourth-order valence-electron chi connectivity index (χ4n) is 3.00. The highest BCUT2D eigenvalue weighted by Gasteiger charge is 2.52. The monoisotopic (exact) mass is 250 g/mol. The van der Waals surface area contributed by atoms with Crippen molar-refractivity contribution in [2.75, 3.05) is 6.54 Å². The van der Waals surface area contributed by atoms with Crippen LogP contribution in [0.1, 0.15) is 44.9 Å². The average molecular weight is 250 g/mol. The van der Waals surface area contributed by atoms with Gasteiger partial charge in [-0.3, -0.25) is 14.5 Å². The molecule has 3 rings (SSSR count). The van der Waals surface area contributed by atoms with Crippen molar-refractivity contribution in [2.24, 2.45) is 5.92 Å². The lowest BCUT2D eigenvalue weighted by atomic mass is 9.82. The number of urea groups is 1. The molecular formula is C13H18N2O3. The van der Waals surface area contributed by atoms with E-state index in [2.05, 4.69) is 5.32 Å². The van der Waals surface area contributed by atoms with Gasteiger partial charge in [-0.25, -0.2) is 4.79 Å². The molecule has 2 saturated carbocycles. The van der Waals surface area contributed by atoms with Gasteiger partial charge in [0, 0.05) is 5.92 Å². The first kappa shape index (κ1) is 11.7. The minimum Gasteiger partial charge on any atom is -0.323 e. The van der Waals surface area contributed by atoms with Crippen molar-refractivity contribution < 1.29 is 14.4 Å². The number of nitrogens with one attached hydrogen (secondary N) is 1. The van der Waals surface area contributed by atoms with Crippen LogP contribution in [0, 0.1) is 5.92 Å². The SMILES string of the molecule is O=C(CN1C(=O)NC2(CCCCC2)C1=O)C1CC1. The van der Waals surface area contributed by atoms with Gasteiger partial charge in [0.15, 0.2) is 5.78 Å². The molecule has 0 unspecified atom stereocenters. The van der Waals surface area contributed by atoms with Gasteiger partial charge in [0.1, 0.15) is 5.54 Å². The fraction of sp³-hybridized carbons (Fsp3) is 0.769. The molecule has 2 aliphatic carbocycles. The molecule has 0 aromatic heterocycles. The van der Waals surface area contributed by atoms with Crippen molar-refractivity contribution in [3.63, 3.8) is 0 Å². The third kappa shape index (κ3) is 1.82. The molecule has 0 bridgehead atoms. The summed E-state index contributed by atoms with van der Waals surface area (Å²) in [7, 11) is 0. The molecule has 0 atom stereocenters. The van der Waals surface area contributed by atoms with Gasteiger partial charge in [0.05, 0.1) is 6.54 Å². The first-order valence-corrected chi connectivity index (χ1v) is 6.79. The van der Waals surface area contributed by atoms with E-state index in [4.69, 9.17) is 0 Å². The summed E-state index contributed by atoms with van der Waals surface area (Å²) in [4.78, 5) is 37.1. The predicted molar refractivity (Wildman–Crippen MR) is 63.8 cm³/mol. The maximum Gasteiger partial charge on any atom is 0.325 e. The van der Waals surface area contributed by atoms with Crippen molar-refractivity contribution in [3.05, 3.63) is 0 Å². The molecule has 5 heteroatoms. The van der Waals surface area contributed by atoms with E-state index in [1.807, 2.05) is 0 Å². The molecule has 1 N–H and O–H groups in total. The number of amides is 3. The molecule has 1 saturated heterocycles. The second-order valence-corrected chi connectivity index (χ2v) is 5.70. The molecule has 3 amide bonds. The highest BCUT2D eigenvalue weighted by atomic mass is 16.2. The van der Waals surface area contributed by atoms with Crippen molar-refractivity contribution in [1.29, 1.82) is 0 Å². The minimum atomic E-state index is -0.695. The van der Waals surface area contributed by atoms with Crippen molar-refractivity contribution >= 4 is 17.7 Å². The number of carbonyl (C=O) groups is 3. The Morgan fingerprint density at radius 1 is 1.22 bits per heavy atom. The summed E-state index contributed by atoms with van der Waals surface area (Å²) in [6.45, 7) is -0.0307. The zero-order chi connectivity index (χ0) is 12.8. The first-order chi connectivity index (χ1) is 8.62. The van der Waals surface area contributed by atoms with E-state index in [1.165, 1.54) is 0 Å². The van der Waals surface area contributed by atoms with Gasteiger partial charge in [0.25, 0.3) is 5.91 Å². The molecule has 98 valence electrons. The van der Waals surface area contributed by atoms with E-state index in [-0.39, 0.29) is 30.2 Å². The van der Waals surface area contributed by atoms with Crippen molar-refractivity contribution in [3.8, 4) is 0 Å². The summed E-state index contributed by atoms with van der Waals surface area (Å²) in [6.07, 6.45) is 6.30. The van der Waals surface area contributed by atoms with E-state index in [9.17, 15) is 14.4 Å². The number of hydrogen-bond donors (Lipinski definition) is 1. The second-order valence-electron chi connectivity index (χ2n) is 5.70. The molecule has 1 aliphatic heterocycles. The van der Waals surface area contributed by atoms with Gasteiger partial charge in [-0.05, 0) is 25.7 Å². The lowest BCUT2D eigenvalue weighted by molar-refractivity contribution is -0.135. The van der Waals surface area contributed by atoms with E-state index in [0.29, 0.717) is 12.8 Å². The number of ketones is 1. The highest BCUT2D eigenvalue weighted by molar-refractivity contribution is 6.09. The van der Waals surface area contributed by atoms with Gasteiger partial charge < -0.3 is 5.32 Å². The van der Waals surface area contributed by atoms with Crippen LogP contribution in [0.2, 0.25) is 0 Å². The molecule has 5 nitrogen and oxygen atoms in total. The van der Waals surface area contributed by atoms with Crippen LogP contribution in [0.4, 0.5) is 4.79 Å². The van der Waals surface area contributed by atoms with Gasteiger partial charge in [0.2, 0.25) is 0 Å². The second kappa shape index (κ2) is 4.07. The molecule has 0 aromatic rings. The Kier molecular flexibility index (Phi) is 2.64. The van der Waals surface area contributed by atoms with Crippen molar-refractivity contribution in [2.45, 2.75) is 50.5 Å². The highest BCUT2D eigenvalue weighted by Crippen LogP contribution is 2.35. The third-order valence-electron chi connectivity index (χ3n) is 4.30. The fourth-order valence-corrected chi connectivity index (χ4v) is 3.00. The first-order valence-electron chi connectivity index (χ1n) is 6.79. The van der Waals surface area contributed by atoms with Crippen LogP contribution in [0.15, 0.2) is 0 Å². The molecule has 18 heavy (non-hydrogen) atoms. The van der Waals surface area contributed by atoms with Crippen LogP contribution >= 0.6 is 0 Å². The molecule has 3 fully saturated rings. The molecule has 0 radical (unpaired) electrons. The Morgan fingerprint density at radius 2 is 1.89 bits per heavy atom. The summed E-state index contributed by atoms with van der Waals surface area (Å²) in [6, 6.07) is -0.379. The zero-order valence-electron chi connectivity index (χ0n) is 10.4. The van der Waals surface area contributed by atoms with Crippen LogP contribution in [0.5, 0.6) is 0 Å². The van der Waals surface area contributed by atoms with Gasteiger partial charge in [-0.15, -0.1) is 0 Å². The smallest absolute Gasteiger partial charge is 0.323 e. The van der Waals surface area contributed by atoms with Crippen LogP contribution in [-0.2, 0) is 9.59 Å². The lowest BCUT2D eigenvalue weighted by Crippen LogP contribution is -2.48. The summed E-state index contributed by atoms with van der Waals surface area (Å²) >= 11 is 0. The number of carbonyl (C=O) groups excluding carboxylic acids is 3. The number of hydrogen-bond acceptors (Lipinski definition) is 3. The largest absolute Gasteiger partial charge is 0.325 e. The lowest BCUT2D eigenvalue weighted by Gasteiger charge is -2.30. The Bertz CT molecular complexity index is 408. The summed E-state index contributed by atoms with van der Waals surface area (Å²) in [5.74, 6) is -0.0546. The van der Waals surface area contributed by atoms with Crippen molar-refractivity contribution in [1.82, 2.24) is 10.2 Å². The summed E-state index contributed by atoms with van der Waals surface area (Å²) < 4.78 is 0. The average Bonchev–Trinajstić information content (AvgIpc) is 3.17. The Labute approximate surface area is 106 Å². The molecule has 1 heterocycles. The number of rotatable bonds is 3. The third-order valence-corrected chi connectivity index (χ3v) is 4.30. The summed E-state index contributed by atoms with van der Waals surface area (Å²) in [5.41, 5.74) is -0.695. The molecule has 0 aromatic carbocycles. The van der Waals surface area contributed by atoms with Crippen LogP contribution in [0.3, 0.4) is 0 Å². The van der Waals surface area contributed by atoms with Crippen LogP contribution in [-0.4, -0.2) is 34.7 Å². The Hall–Kier alpha value is -1.39. The number of nitrogens with zero attached hydrogens (tertiary/aromatic N) is 1. The normalized spacial score (nSPS) is 26.6. The standard InChI is InChI=1S/C13H18N2O3/c16-10(9-4-5-9)8-15-11(17)13(14-12(15)18)6-2-1-3-7-13/h9H,1-8H2,(H,14,18). The minimum absolute atomic E-state index is 0.0307. The molecular weight excluding hydrogens is 232 g/mol. The predicted octanol–water partition coefficient (Wildman–Crippen LogP) is 1.22. The summed E-state index contributed by atoms with van der Waals surface area (Å²) in [5, 5.41) is 2.82. The Morgan fingerprint density at radius 3 is 2.50 bits per heavy atom. The quantitative estimate of drug-likeness (QED) is 0.766. The zero-order valence-corrected chi connectivity index (χ0v) is 10.4. The van der Waals surface area contributed by atoms with Crippen LogP contribution < -0.4 is 5.32 Å². The number of imide groups is 1. The van der Waals surface area contributed by atoms with E-state index in [0.717, 1.165) is 37.0 Å². The molecule has 1 spiro atoms. The van der Waals surface area contributed by atoms with E-state index in [1.54, 1.807) is 0 Å². The van der Waals surface area contributed by atoms with Gasteiger partial charge in [-0.2, -0.15) is 0 Å². The van der Waals surface area contributed by atoms with Gasteiger partial charge in [-0.1, -0.05) is 19.3 Å². The maximum atomic E-state index is 12.4. The Balaban J connectivity index is 1.73. The van der Waals surface area contributed by atoms with E-state index >= 15 is 0 Å².